The lowest BCUT2D eigenvalue weighted by molar-refractivity contribution is -0.132. The molecule has 1 fully saturated rings. The van der Waals surface area contributed by atoms with Gasteiger partial charge in [0.25, 0.3) is 10.2 Å². The molecule has 0 radical (unpaired) electrons. The molecular formula is C16H26N4O3S. The zero-order valence-corrected chi connectivity index (χ0v) is 14.9. The molecule has 2 rings (SSSR count). The van der Waals surface area contributed by atoms with Crippen LogP contribution in [0, 0.1) is 0 Å². The second-order valence-corrected chi connectivity index (χ2v) is 7.37. The number of carbonyl (C=O) groups excluding carboxylic acids is 1. The predicted octanol–water partition coefficient (Wildman–Crippen LogP) is 0.165. The Morgan fingerprint density at radius 1 is 1.08 bits per heavy atom. The number of piperazine rings is 1. The molecule has 0 aromatic heterocycles. The molecule has 1 saturated heterocycles. The lowest BCUT2D eigenvalue weighted by atomic mass is 10.2. The number of rotatable bonds is 8. The highest BCUT2D eigenvalue weighted by molar-refractivity contribution is 7.87. The fraction of sp³-hybridized carbons (Fsp3) is 0.562. The van der Waals surface area contributed by atoms with E-state index >= 15 is 0 Å². The van der Waals surface area contributed by atoms with Crippen molar-refractivity contribution < 1.29 is 13.2 Å². The van der Waals surface area contributed by atoms with Crippen molar-refractivity contribution in [3.8, 4) is 0 Å². The Morgan fingerprint density at radius 2 is 1.75 bits per heavy atom. The van der Waals surface area contributed by atoms with Gasteiger partial charge in [0.1, 0.15) is 0 Å². The van der Waals surface area contributed by atoms with Crippen LogP contribution in [-0.2, 0) is 21.5 Å². The molecule has 0 atom stereocenters. The van der Waals surface area contributed by atoms with Crippen LogP contribution in [0.4, 0.5) is 0 Å². The summed E-state index contributed by atoms with van der Waals surface area (Å²) in [5.41, 5.74) is 1.27. The van der Waals surface area contributed by atoms with Gasteiger partial charge < -0.3 is 4.90 Å². The summed E-state index contributed by atoms with van der Waals surface area (Å²) in [6.45, 7) is 6.10. The van der Waals surface area contributed by atoms with Gasteiger partial charge >= 0.3 is 0 Å². The van der Waals surface area contributed by atoms with Crippen molar-refractivity contribution >= 4 is 16.1 Å². The highest BCUT2D eigenvalue weighted by Gasteiger charge is 2.21. The maximum Gasteiger partial charge on any atom is 0.276 e. The van der Waals surface area contributed by atoms with Crippen LogP contribution in [0.25, 0.3) is 0 Å². The molecular weight excluding hydrogens is 328 g/mol. The molecule has 1 aromatic rings. The Labute approximate surface area is 144 Å². The Kier molecular flexibility index (Phi) is 7.16. The quantitative estimate of drug-likeness (QED) is 0.697. The molecule has 0 unspecified atom stereocenters. The average Bonchev–Trinajstić information content (AvgIpc) is 2.56. The third-order valence-electron chi connectivity index (χ3n) is 3.94. The van der Waals surface area contributed by atoms with Crippen LogP contribution in [0.5, 0.6) is 0 Å². The van der Waals surface area contributed by atoms with E-state index < -0.39 is 10.2 Å². The van der Waals surface area contributed by atoms with Gasteiger partial charge in [-0.05, 0) is 5.56 Å². The third-order valence-corrected chi connectivity index (χ3v) is 5.19. The molecule has 1 aliphatic rings. The topological polar surface area (TPSA) is 81.8 Å². The van der Waals surface area contributed by atoms with Gasteiger partial charge in [0.15, 0.2) is 0 Å². The van der Waals surface area contributed by atoms with Crippen molar-refractivity contribution in [3.05, 3.63) is 35.9 Å². The first-order chi connectivity index (χ1) is 11.5. The number of amides is 1. The number of hydrogen-bond donors (Lipinski definition) is 2. The van der Waals surface area contributed by atoms with Crippen molar-refractivity contribution in [2.45, 2.75) is 19.9 Å². The molecule has 0 saturated carbocycles. The second-order valence-electron chi connectivity index (χ2n) is 5.79. The van der Waals surface area contributed by atoms with E-state index in [0.29, 0.717) is 19.6 Å². The molecule has 7 nitrogen and oxygen atoms in total. The zero-order valence-electron chi connectivity index (χ0n) is 14.1. The van der Waals surface area contributed by atoms with E-state index in [9.17, 15) is 13.2 Å². The van der Waals surface area contributed by atoms with Gasteiger partial charge in [-0.1, -0.05) is 37.3 Å². The molecule has 134 valence electrons. The molecule has 0 bridgehead atoms. The molecule has 1 aliphatic heterocycles. The molecule has 24 heavy (non-hydrogen) atoms. The summed E-state index contributed by atoms with van der Waals surface area (Å²) < 4.78 is 27.6. The first kappa shape index (κ1) is 18.9. The standard InChI is InChI=1S/C16H26N4O3S/c1-2-17-24(22,23)18-9-8-16(21)20-12-10-19(11-13-20)14-15-6-4-3-5-7-15/h3-7,17-18H,2,8-14H2,1H3. The highest BCUT2D eigenvalue weighted by Crippen LogP contribution is 2.09. The van der Waals surface area contributed by atoms with Crippen LogP contribution in [0.15, 0.2) is 30.3 Å². The number of nitrogens with zero attached hydrogens (tertiary/aromatic N) is 2. The lowest BCUT2D eigenvalue weighted by Gasteiger charge is -2.34. The van der Waals surface area contributed by atoms with Crippen molar-refractivity contribution in [1.29, 1.82) is 0 Å². The Morgan fingerprint density at radius 3 is 2.38 bits per heavy atom. The van der Waals surface area contributed by atoms with E-state index in [2.05, 4.69) is 26.5 Å². The van der Waals surface area contributed by atoms with Crippen LogP contribution < -0.4 is 9.44 Å². The monoisotopic (exact) mass is 354 g/mol. The fourth-order valence-corrected chi connectivity index (χ4v) is 3.54. The van der Waals surface area contributed by atoms with E-state index in [1.54, 1.807) is 6.92 Å². The lowest BCUT2D eigenvalue weighted by Crippen LogP contribution is -2.49. The van der Waals surface area contributed by atoms with Gasteiger partial charge in [-0.3, -0.25) is 9.69 Å². The Hall–Kier alpha value is -1.48. The number of hydrogen-bond acceptors (Lipinski definition) is 4. The van der Waals surface area contributed by atoms with Gasteiger partial charge in [-0.25, -0.2) is 9.44 Å². The molecule has 0 aliphatic carbocycles. The largest absolute Gasteiger partial charge is 0.340 e. The minimum absolute atomic E-state index is 0.00596. The minimum atomic E-state index is -3.48. The first-order valence-electron chi connectivity index (χ1n) is 8.28. The van der Waals surface area contributed by atoms with E-state index in [1.807, 2.05) is 23.1 Å². The number of nitrogens with one attached hydrogen (secondary N) is 2. The second kappa shape index (κ2) is 9.12. The van der Waals surface area contributed by atoms with Crippen LogP contribution >= 0.6 is 0 Å². The third kappa shape index (κ3) is 6.20. The van der Waals surface area contributed by atoms with Crippen molar-refractivity contribution in [1.82, 2.24) is 19.2 Å². The summed E-state index contributed by atoms with van der Waals surface area (Å²) >= 11 is 0. The summed E-state index contributed by atoms with van der Waals surface area (Å²) in [6.07, 6.45) is 0.184. The van der Waals surface area contributed by atoms with E-state index in [-0.39, 0.29) is 18.9 Å². The molecule has 8 heteroatoms. The van der Waals surface area contributed by atoms with E-state index in [1.165, 1.54) is 5.56 Å². The fourth-order valence-electron chi connectivity index (χ4n) is 2.69. The van der Waals surface area contributed by atoms with Crippen LogP contribution in [0.3, 0.4) is 0 Å². The number of benzene rings is 1. The SMILES string of the molecule is CCNS(=O)(=O)NCCC(=O)N1CCN(Cc2ccccc2)CC1. The van der Waals surface area contributed by atoms with Crippen molar-refractivity contribution in [3.63, 3.8) is 0 Å². The Bertz CT molecular complexity index is 613. The summed E-state index contributed by atoms with van der Waals surface area (Å²) in [5, 5.41) is 0. The van der Waals surface area contributed by atoms with Crippen molar-refractivity contribution in [2.75, 3.05) is 39.3 Å². The van der Waals surface area contributed by atoms with Gasteiger partial charge in [0.2, 0.25) is 5.91 Å². The van der Waals surface area contributed by atoms with E-state index in [0.717, 1.165) is 19.6 Å². The van der Waals surface area contributed by atoms with Crippen LogP contribution in [0.2, 0.25) is 0 Å². The first-order valence-corrected chi connectivity index (χ1v) is 9.77. The van der Waals surface area contributed by atoms with Gasteiger partial charge in [-0.15, -0.1) is 0 Å². The average molecular weight is 354 g/mol. The van der Waals surface area contributed by atoms with E-state index in [4.69, 9.17) is 0 Å². The zero-order chi connectivity index (χ0) is 17.4. The highest BCUT2D eigenvalue weighted by atomic mass is 32.2. The summed E-state index contributed by atoms with van der Waals surface area (Å²) in [7, 11) is -3.48. The van der Waals surface area contributed by atoms with Crippen LogP contribution in [-0.4, -0.2) is 63.4 Å². The maximum atomic E-state index is 12.2. The smallest absolute Gasteiger partial charge is 0.276 e. The van der Waals surface area contributed by atoms with Gasteiger partial charge in [-0.2, -0.15) is 8.42 Å². The summed E-state index contributed by atoms with van der Waals surface area (Å²) in [5.74, 6) is -0.00596. The summed E-state index contributed by atoms with van der Waals surface area (Å²) in [4.78, 5) is 16.3. The minimum Gasteiger partial charge on any atom is -0.340 e. The molecule has 1 amide bonds. The predicted molar refractivity (Wildman–Crippen MR) is 93.5 cm³/mol. The van der Waals surface area contributed by atoms with Gasteiger partial charge in [0, 0.05) is 52.2 Å². The number of carbonyl (C=O) groups is 1. The molecule has 2 N–H and O–H groups in total. The molecule has 1 aromatic carbocycles. The van der Waals surface area contributed by atoms with Crippen LogP contribution in [0.1, 0.15) is 18.9 Å². The van der Waals surface area contributed by atoms with Crippen molar-refractivity contribution in [2.24, 2.45) is 0 Å². The maximum absolute atomic E-state index is 12.2. The Balaban J connectivity index is 1.69. The van der Waals surface area contributed by atoms with Gasteiger partial charge in [0.05, 0.1) is 0 Å². The molecule has 0 spiro atoms. The summed E-state index contributed by atoms with van der Waals surface area (Å²) in [6, 6.07) is 10.3. The normalized spacial score (nSPS) is 16.3. The molecule has 1 heterocycles.